The van der Waals surface area contributed by atoms with Crippen LogP contribution in [-0.4, -0.2) is 29.0 Å². The number of carbonyl (C=O) groups is 1. The second-order valence-electron chi connectivity index (χ2n) is 2.25. The number of nitrogens with two attached hydrogens (primary N) is 1. The van der Waals surface area contributed by atoms with Crippen molar-refractivity contribution < 1.29 is 9.90 Å². The van der Waals surface area contributed by atoms with Gasteiger partial charge in [-0.05, 0) is 6.42 Å². The highest BCUT2D eigenvalue weighted by Crippen LogP contribution is 1.91. The zero-order chi connectivity index (χ0) is 8.85. The van der Waals surface area contributed by atoms with E-state index in [-0.39, 0.29) is 11.9 Å². The lowest BCUT2D eigenvalue weighted by Gasteiger charge is -2.16. The minimum absolute atomic E-state index is 0.253. The third kappa shape index (κ3) is 4.23. The zero-order valence-electron chi connectivity index (χ0n) is 6.45. The largest absolute Gasteiger partial charge is 0.480 e. The van der Waals surface area contributed by atoms with Crippen molar-refractivity contribution in [2.24, 2.45) is 5.73 Å². The highest BCUT2D eigenvalue weighted by Gasteiger charge is 2.16. The van der Waals surface area contributed by atoms with Crippen LogP contribution in [0.15, 0.2) is 0 Å². The molecule has 4 N–H and O–H groups in total. The van der Waals surface area contributed by atoms with Crippen LogP contribution in [0.2, 0.25) is 0 Å². The van der Waals surface area contributed by atoms with Gasteiger partial charge < -0.3 is 10.8 Å². The van der Waals surface area contributed by atoms with Crippen molar-refractivity contribution >= 4 is 18.6 Å². The summed E-state index contributed by atoms with van der Waals surface area (Å²) >= 11 is 3.87. The maximum absolute atomic E-state index is 10.4. The first-order valence-electron chi connectivity index (χ1n) is 3.47. The van der Waals surface area contributed by atoms with Crippen LogP contribution in [0.25, 0.3) is 0 Å². The lowest BCUT2D eigenvalue weighted by atomic mass is 10.3. The number of rotatable bonds is 5. The van der Waals surface area contributed by atoms with E-state index in [9.17, 15) is 4.79 Å². The summed E-state index contributed by atoms with van der Waals surface area (Å²) in [5.74, 6) is -0.660. The van der Waals surface area contributed by atoms with E-state index >= 15 is 0 Å². The van der Waals surface area contributed by atoms with Crippen LogP contribution in [0.1, 0.15) is 13.3 Å². The molecule has 0 saturated heterocycles. The molecule has 0 bridgehead atoms. The Morgan fingerprint density at radius 2 is 2.36 bits per heavy atom. The van der Waals surface area contributed by atoms with E-state index < -0.39 is 12.0 Å². The van der Waals surface area contributed by atoms with Crippen LogP contribution in [-0.2, 0) is 4.79 Å². The molecule has 0 saturated carbocycles. The molecule has 5 heteroatoms. The van der Waals surface area contributed by atoms with Gasteiger partial charge in [-0.1, -0.05) is 6.92 Å². The third-order valence-corrected chi connectivity index (χ3v) is 1.70. The van der Waals surface area contributed by atoms with E-state index in [1.54, 1.807) is 0 Å². The molecule has 0 fully saturated rings. The molecule has 0 aliphatic carbocycles. The van der Waals surface area contributed by atoms with Gasteiger partial charge in [0.2, 0.25) is 0 Å². The van der Waals surface area contributed by atoms with Gasteiger partial charge in [0.1, 0.15) is 6.04 Å². The number of aliphatic carboxylic acids is 1. The molecular weight excluding hydrogens is 164 g/mol. The molecule has 0 amide bonds. The molecule has 4 nitrogen and oxygen atoms in total. The van der Waals surface area contributed by atoms with Crippen molar-refractivity contribution in [1.29, 1.82) is 0 Å². The standard InChI is InChI=1S/C6H14N2O2S/c1-2-5(7)8-4(3-11)6(9)10/h4-5,8,11H,2-3,7H2,1H3,(H,9,10). The molecule has 0 aromatic rings. The van der Waals surface area contributed by atoms with Gasteiger partial charge >= 0.3 is 5.97 Å². The van der Waals surface area contributed by atoms with Crippen molar-refractivity contribution in [1.82, 2.24) is 5.32 Å². The van der Waals surface area contributed by atoms with Crippen LogP contribution in [0, 0.1) is 0 Å². The normalized spacial score (nSPS) is 15.9. The van der Waals surface area contributed by atoms with Crippen LogP contribution in [0.5, 0.6) is 0 Å². The zero-order valence-corrected chi connectivity index (χ0v) is 7.34. The Morgan fingerprint density at radius 1 is 1.82 bits per heavy atom. The van der Waals surface area contributed by atoms with Gasteiger partial charge in [0, 0.05) is 5.75 Å². The molecule has 0 aromatic heterocycles. The van der Waals surface area contributed by atoms with Crippen LogP contribution < -0.4 is 11.1 Å². The summed E-state index contributed by atoms with van der Waals surface area (Å²) in [6, 6.07) is -0.645. The molecule has 66 valence electrons. The Morgan fingerprint density at radius 3 is 2.64 bits per heavy atom. The minimum atomic E-state index is -0.913. The molecule has 0 radical (unpaired) electrons. The molecule has 0 spiro atoms. The predicted octanol–water partition coefficient (Wildman–Crippen LogP) is -0.346. The summed E-state index contributed by atoms with van der Waals surface area (Å²) in [6.07, 6.45) is 0.445. The third-order valence-electron chi connectivity index (χ3n) is 1.34. The predicted molar refractivity (Wildman–Crippen MR) is 46.7 cm³/mol. The van der Waals surface area contributed by atoms with Gasteiger partial charge in [-0.15, -0.1) is 0 Å². The maximum atomic E-state index is 10.4. The molecule has 0 aliphatic heterocycles. The Hall–Kier alpha value is -0.260. The summed E-state index contributed by atoms with van der Waals surface area (Å²) in [7, 11) is 0. The van der Waals surface area contributed by atoms with E-state index in [4.69, 9.17) is 10.8 Å². The van der Waals surface area contributed by atoms with Gasteiger partial charge in [0.25, 0.3) is 0 Å². The first-order valence-corrected chi connectivity index (χ1v) is 4.10. The van der Waals surface area contributed by atoms with E-state index in [0.29, 0.717) is 6.42 Å². The van der Waals surface area contributed by atoms with Gasteiger partial charge in [0.15, 0.2) is 0 Å². The van der Waals surface area contributed by atoms with Gasteiger partial charge in [0.05, 0.1) is 6.17 Å². The van der Waals surface area contributed by atoms with E-state index in [0.717, 1.165) is 0 Å². The quantitative estimate of drug-likeness (QED) is 0.343. The van der Waals surface area contributed by atoms with Gasteiger partial charge in [-0.3, -0.25) is 10.1 Å². The fraction of sp³-hybridized carbons (Fsp3) is 0.833. The van der Waals surface area contributed by atoms with Gasteiger partial charge in [-0.2, -0.15) is 12.6 Å². The van der Waals surface area contributed by atoms with Crippen molar-refractivity contribution in [3.63, 3.8) is 0 Å². The first kappa shape index (κ1) is 10.7. The summed E-state index contributed by atoms with van der Waals surface area (Å²) in [5, 5.41) is 11.3. The van der Waals surface area contributed by atoms with E-state index in [1.165, 1.54) is 0 Å². The van der Waals surface area contributed by atoms with Crippen LogP contribution >= 0.6 is 12.6 Å². The molecule has 0 heterocycles. The highest BCUT2D eigenvalue weighted by molar-refractivity contribution is 7.80. The second-order valence-corrected chi connectivity index (χ2v) is 2.62. The summed E-state index contributed by atoms with van der Waals surface area (Å²) in [4.78, 5) is 10.4. The lowest BCUT2D eigenvalue weighted by Crippen LogP contribution is -2.48. The van der Waals surface area contributed by atoms with Crippen LogP contribution in [0.3, 0.4) is 0 Å². The number of carboxylic acid groups (broad SMARTS) is 1. The second kappa shape index (κ2) is 5.40. The van der Waals surface area contributed by atoms with Crippen molar-refractivity contribution in [3.05, 3.63) is 0 Å². The number of thiol groups is 1. The van der Waals surface area contributed by atoms with E-state index in [1.807, 2.05) is 6.92 Å². The Bertz CT molecular complexity index is 132. The average molecular weight is 178 g/mol. The Balaban J connectivity index is 3.77. The van der Waals surface area contributed by atoms with Crippen molar-refractivity contribution in [2.45, 2.75) is 25.6 Å². The summed E-state index contributed by atoms with van der Waals surface area (Å²) in [6.45, 7) is 1.88. The smallest absolute Gasteiger partial charge is 0.321 e. The molecule has 0 aromatic carbocycles. The Labute approximate surface area is 71.6 Å². The molecule has 0 aliphatic rings. The molecule has 0 rings (SSSR count). The fourth-order valence-electron chi connectivity index (χ4n) is 0.578. The van der Waals surface area contributed by atoms with Gasteiger partial charge in [-0.25, -0.2) is 0 Å². The highest BCUT2D eigenvalue weighted by atomic mass is 32.1. The van der Waals surface area contributed by atoms with Crippen LogP contribution in [0.4, 0.5) is 0 Å². The van der Waals surface area contributed by atoms with E-state index in [2.05, 4.69) is 17.9 Å². The molecule has 11 heavy (non-hydrogen) atoms. The molecule has 2 atom stereocenters. The summed E-state index contributed by atoms with van der Waals surface area (Å²) < 4.78 is 0. The monoisotopic (exact) mass is 178 g/mol. The summed E-state index contributed by atoms with van der Waals surface area (Å²) in [5.41, 5.74) is 5.48. The minimum Gasteiger partial charge on any atom is -0.480 e. The lowest BCUT2D eigenvalue weighted by molar-refractivity contribution is -0.139. The number of hydrogen-bond acceptors (Lipinski definition) is 4. The van der Waals surface area contributed by atoms with Crippen molar-refractivity contribution in [3.8, 4) is 0 Å². The maximum Gasteiger partial charge on any atom is 0.321 e. The molecule has 2 unspecified atom stereocenters. The fourth-order valence-corrected chi connectivity index (χ4v) is 0.840. The number of hydrogen-bond donors (Lipinski definition) is 4. The number of carboxylic acids is 1. The SMILES string of the molecule is CCC(N)NC(CS)C(=O)O. The van der Waals surface area contributed by atoms with Crippen molar-refractivity contribution in [2.75, 3.05) is 5.75 Å². The number of nitrogens with one attached hydrogen (secondary N) is 1. The Kier molecular flexibility index (Phi) is 5.27. The average Bonchev–Trinajstić information content (AvgIpc) is 1.99. The topological polar surface area (TPSA) is 75.3 Å². The first-order chi connectivity index (χ1) is 5.11. The molecular formula is C6H14N2O2S.